The van der Waals surface area contributed by atoms with Crippen LogP contribution >= 0.6 is 0 Å². The molecule has 1 aliphatic rings. The number of fused-ring (bicyclic) bond motifs is 1. The van der Waals surface area contributed by atoms with Crippen molar-refractivity contribution in [2.75, 3.05) is 18.8 Å². The second kappa shape index (κ2) is 16.3. The van der Waals surface area contributed by atoms with Crippen LogP contribution < -0.4 is 11.1 Å². The summed E-state index contributed by atoms with van der Waals surface area (Å²) in [6.07, 6.45) is 5.37. The Morgan fingerprint density at radius 1 is 1.04 bits per heavy atom. The molecule has 3 N–H and O–H groups in total. The van der Waals surface area contributed by atoms with Gasteiger partial charge in [0.25, 0.3) is 0 Å². The number of nitrogens with two attached hydrogens (primary N) is 1. The minimum atomic E-state index is 0.271. The molecule has 0 radical (unpaired) electrons. The summed E-state index contributed by atoms with van der Waals surface area (Å²) in [5.74, 6) is 7.48. The lowest BCUT2D eigenvalue weighted by atomic mass is 10.0. The maximum atomic E-state index is 6.34. The van der Waals surface area contributed by atoms with Gasteiger partial charge in [-0.2, -0.15) is 0 Å². The van der Waals surface area contributed by atoms with E-state index in [1.165, 1.54) is 11.9 Å². The van der Waals surface area contributed by atoms with Gasteiger partial charge in [0, 0.05) is 36.6 Å². The highest BCUT2D eigenvalue weighted by atomic mass is 15.2. The Morgan fingerprint density at radius 3 is 2.58 bits per heavy atom. The Morgan fingerprint density at radius 2 is 1.83 bits per heavy atom. The van der Waals surface area contributed by atoms with Crippen molar-refractivity contribution >= 4 is 29.0 Å². The first-order chi connectivity index (χ1) is 23.5. The second-order valence-electron chi connectivity index (χ2n) is 11.3. The fourth-order valence-corrected chi connectivity index (χ4v) is 5.76. The maximum absolute atomic E-state index is 6.34. The van der Waals surface area contributed by atoms with E-state index in [4.69, 9.17) is 15.7 Å². The van der Waals surface area contributed by atoms with Crippen molar-refractivity contribution < 1.29 is 0 Å². The van der Waals surface area contributed by atoms with Gasteiger partial charge in [0.1, 0.15) is 23.5 Å². The Labute approximate surface area is 283 Å². The van der Waals surface area contributed by atoms with Gasteiger partial charge in [-0.05, 0) is 75.2 Å². The fourth-order valence-electron chi connectivity index (χ4n) is 5.76. The van der Waals surface area contributed by atoms with E-state index in [0.29, 0.717) is 17.5 Å². The van der Waals surface area contributed by atoms with Gasteiger partial charge in [-0.15, -0.1) is 5.92 Å². The topological polar surface area (TPSA) is 110 Å². The summed E-state index contributed by atoms with van der Waals surface area (Å²) in [5.41, 5.74) is 13.5. The molecule has 0 amide bonds. The van der Waals surface area contributed by atoms with Crippen LogP contribution in [0.5, 0.6) is 0 Å². The van der Waals surface area contributed by atoms with Crippen molar-refractivity contribution in [3.8, 4) is 40.2 Å². The van der Waals surface area contributed by atoms with Gasteiger partial charge in [-0.1, -0.05) is 68.8 Å². The molecule has 5 aromatic rings. The van der Waals surface area contributed by atoms with E-state index >= 15 is 0 Å². The third-order valence-corrected chi connectivity index (χ3v) is 7.90. The van der Waals surface area contributed by atoms with Gasteiger partial charge in [0.15, 0.2) is 11.5 Å². The number of piperidine rings is 1. The van der Waals surface area contributed by atoms with Crippen LogP contribution in [0.2, 0.25) is 0 Å². The highest BCUT2D eigenvalue weighted by Gasteiger charge is 2.21. The number of aliphatic imine (C=N–C) groups is 2. The number of hydrogen-bond acceptors (Lipinski definition) is 7. The molecule has 1 aliphatic heterocycles. The molecule has 0 spiro atoms. The fraction of sp³-hybridized carbons (Fsp3) is 0.256. The van der Waals surface area contributed by atoms with Crippen molar-refractivity contribution in [2.24, 2.45) is 9.98 Å². The lowest BCUT2D eigenvalue weighted by Gasteiger charge is -2.33. The summed E-state index contributed by atoms with van der Waals surface area (Å²) >= 11 is 0. The van der Waals surface area contributed by atoms with Crippen molar-refractivity contribution in [2.45, 2.75) is 53.1 Å². The van der Waals surface area contributed by atoms with Gasteiger partial charge < -0.3 is 11.1 Å². The number of nitrogen functional groups attached to an aromatic ring is 1. The van der Waals surface area contributed by atoms with Crippen molar-refractivity contribution in [3.05, 3.63) is 103 Å². The van der Waals surface area contributed by atoms with Crippen LogP contribution in [0.3, 0.4) is 0 Å². The van der Waals surface area contributed by atoms with Crippen molar-refractivity contribution in [1.29, 1.82) is 0 Å². The molecule has 9 nitrogen and oxygen atoms in total. The van der Waals surface area contributed by atoms with E-state index < -0.39 is 0 Å². The Hall–Kier alpha value is -5.59. The predicted octanol–water partition coefficient (Wildman–Crippen LogP) is 7.30. The minimum Gasteiger partial charge on any atom is -0.383 e. The van der Waals surface area contributed by atoms with E-state index in [1.807, 2.05) is 63.2 Å². The molecule has 0 aliphatic carbocycles. The third kappa shape index (κ3) is 8.21. The van der Waals surface area contributed by atoms with Crippen LogP contribution in [-0.4, -0.2) is 55.6 Å². The molecular weight excluding hydrogens is 594 g/mol. The van der Waals surface area contributed by atoms with Crippen molar-refractivity contribution in [3.63, 3.8) is 0 Å². The number of imidazole rings is 1. The number of rotatable bonds is 9. The van der Waals surface area contributed by atoms with Crippen LogP contribution in [0.4, 0.5) is 5.82 Å². The zero-order chi connectivity index (χ0) is 33.9. The first-order valence-electron chi connectivity index (χ1n) is 16.4. The Balaban J connectivity index is 0.00000221. The normalized spacial score (nSPS) is 15.0. The first kappa shape index (κ1) is 33.8. The summed E-state index contributed by atoms with van der Waals surface area (Å²) in [6.45, 7) is 14.5. The average molecular weight is 638 g/mol. The van der Waals surface area contributed by atoms with Gasteiger partial charge >= 0.3 is 0 Å². The highest BCUT2D eigenvalue weighted by Crippen LogP contribution is 2.32. The highest BCUT2D eigenvalue weighted by molar-refractivity contribution is 6.02. The van der Waals surface area contributed by atoms with E-state index in [9.17, 15) is 0 Å². The van der Waals surface area contributed by atoms with Crippen LogP contribution in [-0.2, 0) is 6.54 Å². The zero-order valence-corrected chi connectivity index (χ0v) is 28.2. The monoisotopic (exact) mass is 637 g/mol. The molecule has 9 heteroatoms. The summed E-state index contributed by atoms with van der Waals surface area (Å²) in [4.78, 5) is 25.4. The number of anilines is 1. The molecular formula is C39H43N9. The Bertz CT molecular complexity index is 1960. The number of pyridine rings is 2. The molecule has 1 fully saturated rings. The standard InChI is InChI=1S/C37H37N9.C2H6/c1-4-10-26(2)40-25-41-27(3)42-30-13-9-22-45(24-30)23-28-15-17-31(18-16-28)46-36(32-14-8-21-39-35(32)38)44-34-20-19-33(43-37(34)46)29-11-6-5-7-12-29;1-2/h5-8,11-12,14-21,25,30,42H,3,9,13,22-24H2,1-2H3,(H2,38,39);1-2H3/b40-26?,41-25-;. The molecule has 1 unspecified atom stereocenters. The Kier molecular flexibility index (Phi) is 11.5. The zero-order valence-electron chi connectivity index (χ0n) is 28.2. The molecule has 0 saturated carbocycles. The number of nitrogens with zero attached hydrogens (tertiary/aromatic N) is 7. The van der Waals surface area contributed by atoms with E-state index in [0.717, 1.165) is 71.9 Å². The molecule has 6 rings (SSSR count). The second-order valence-corrected chi connectivity index (χ2v) is 11.3. The molecule has 1 atom stereocenters. The number of benzene rings is 2. The molecule has 3 aromatic heterocycles. The predicted molar refractivity (Wildman–Crippen MR) is 199 cm³/mol. The quantitative estimate of drug-likeness (QED) is 0.0998. The molecule has 48 heavy (non-hydrogen) atoms. The number of aromatic nitrogens is 4. The average Bonchev–Trinajstić information content (AvgIpc) is 3.49. The molecule has 244 valence electrons. The van der Waals surface area contributed by atoms with Gasteiger partial charge in [-0.25, -0.2) is 24.9 Å². The largest absolute Gasteiger partial charge is 0.383 e. The van der Waals surface area contributed by atoms with Gasteiger partial charge in [0.05, 0.1) is 17.0 Å². The molecule has 1 saturated heterocycles. The first-order valence-corrected chi connectivity index (χ1v) is 16.4. The number of nitrogens with one attached hydrogen (secondary N) is 1. The minimum absolute atomic E-state index is 0.271. The van der Waals surface area contributed by atoms with Crippen LogP contribution in [0.25, 0.3) is 39.5 Å². The smallest absolute Gasteiger partial charge is 0.165 e. The van der Waals surface area contributed by atoms with E-state index in [1.54, 1.807) is 13.1 Å². The van der Waals surface area contributed by atoms with E-state index in [2.05, 4.69) is 84.6 Å². The van der Waals surface area contributed by atoms with E-state index in [-0.39, 0.29) is 6.04 Å². The maximum Gasteiger partial charge on any atom is 0.165 e. The van der Waals surface area contributed by atoms with Crippen molar-refractivity contribution in [1.82, 2.24) is 29.7 Å². The molecule has 2 aromatic carbocycles. The third-order valence-electron chi connectivity index (χ3n) is 7.90. The van der Waals surface area contributed by atoms with Gasteiger partial charge in [0.2, 0.25) is 0 Å². The van der Waals surface area contributed by atoms with Gasteiger partial charge in [-0.3, -0.25) is 9.47 Å². The summed E-state index contributed by atoms with van der Waals surface area (Å²) < 4.78 is 2.08. The van der Waals surface area contributed by atoms with Crippen LogP contribution in [0, 0.1) is 11.8 Å². The summed E-state index contributed by atoms with van der Waals surface area (Å²) in [7, 11) is 0. The lowest BCUT2D eigenvalue weighted by Crippen LogP contribution is -2.44. The summed E-state index contributed by atoms with van der Waals surface area (Å²) in [6, 6.07) is 26.9. The number of hydrogen-bond donors (Lipinski definition) is 2. The van der Waals surface area contributed by atoms with Crippen LogP contribution in [0.15, 0.2) is 107 Å². The van der Waals surface area contributed by atoms with Crippen LogP contribution in [0.1, 0.15) is 46.1 Å². The SMILES string of the molecule is C=C(/N=C\N=C(C)C#CC)NC1CCCN(Cc2ccc(-n3c(-c4cccnc4N)nc4ccc(-c5ccccc5)nc43)cc2)C1.CC. The molecule has 4 heterocycles. The number of likely N-dealkylation sites (tertiary alicyclic amines) is 1. The lowest BCUT2D eigenvalue weighted by molar-refractivity contribution is 0.189. The summed E-state index contributed by atoms with van der Waals surface area (Å²) in [5, 5.41) is 3.46. The molecule has 0 bridgehead atoms.